The number of pyridine rings is 1. The van der Waals surface area contributed by atoms with E-state index in [9.17, 15) is 9.90 Å². The Morgan fingerprint density at radius 3 is 2.42 bits per heavy atom. The van der Waals surface area contributed by atoms with Gasteiger partial charge >= 0.3 is 5.97 Å². The number of rotatable bonds is 7. The Hall–Kier alpha value is -4.65. The molecule has 2 heterocycles. The number of carboxylic acids is 1. The number of aromatic nitrogens is 2. The lowest BCUT2D eigenvalue weighted by Crippen LogP contribution is -2.11. The quantitative estimate of drug-likeness (QED) is 0.237. The van der Waals surface area contributed by atoms with Gasteiger partial charge in [0, 0.05) is 22.7 Å². The van der Waals surface area contributed by atoms with Crippen LogP contribution in [0, 0.1) is 20.8 Å². The van der Waals surface area contributed by atoms with E-state index in [1.54, 1.807) is 25.3 Å². The number of methoxy groups -OCH3 is 1. The first-order valence-corrected chi connectivity index (χ1v) is 12.4. The molecule has 0 unspecified atom stereocenters. The molecule has 7 nitrogen and oxygen atoms in total. The lowest BCUT2D eigenvalue weighted by molar-refractivity contribution is 0.0698. The summed E-state index contributed by atoms with van der Waals surface area (Å²) in [5.74, 6) is 0.506. The number of carbonyl (C=O) groups is 1. The van der Waals surface area contributed by atoms with E-state index in [1.165, 1.54) is 0 Å². The van der Waals surface area contributed by atoms with Crippen LogP contribution in [0.1, 0.15) is 45.9 Å². The van der Waals surface area contributed by atoms with Crippen molar-refractivity contribution in [1.29, 1.82) is 0 Å². The Kier molecular flexibility index (Phi) is 6.59. The molecule has 38 heavy (non-hydrogen) atoms. The zero-order chi connectivity index (χ0) is 27.0. The molecule has 5 aromatic rings. The van der Waals surface area contributed by atoms with Crippen molar-refractivity contribution in [3.05, 3.63) is 94.9 Å². The van der Waals surface area contributed by atoms with Crippen LogP contribution < -0.4 is 10.1 Å². The zero-order valence-corrected chi connectivity index (χ0v) is 22.0. The summed E-state index contributed by atoms with van der Waals surface area (Å²) in [6.07, 6.45) is 0. The third kappa shape index (κ3) is 4.59. The molecule has 192 valence electrons. The molecule has 0 aliphatic carbocycles. The van der Waals surface area contributed by atoms with Crippen LogP contribution in [0.25, 0.3) is 33.3 Å². The molecule has 7 heteroatoms. The summed E-state index contributed by atoms with van der Waals surface area (Å²) in [4.78, 5) is 16.9. The molecular weight excluding hydrogens is 478 g/mol. The van der Waals surface area contributed by atoms with Crippen molar-refractivity contribution >= 4 is 22.6 Å². The molecule has 0 aliphatic rings. The van der Waals surface area contributed by atoms with Crippen LogP contribution >= 0.6 is 0 Å². The van der Waals surface area contributed by atoms with Gasteiger partial charge in [0.1, 0.15) is 11.5 Å². The van der Waals surface area contributed by atoms with Gasteiger partial charge in [0.2, 0.25) is 0 Å². The highest BCUT2D eigenvalue weighted by atomic mass is 16.5. The van der Waals surface area contributed by atoms with Crippen molar-refractivity contribution in [2.75, 3.05) is 12.4 Å². The monoisotopic (exact) mass is 507 g/mol. The second kappa shape index (κ2) is 10.0. The molecule has 0 radical (unpaired) electrons. The summed E-state index contributed by atoms with van der Waals surface area (Å²) in [7, 11) is 1.65. The number of anilines is 1. The van der Waals surface area contributed by atoms with E-state index in [2.05, 4.69) is 28.7 Å². The van der Waals surface area contributed by atoms with E-state index in [0.29, 0.717) is 11.4 Å². The summed E-state index contributed by atoms with van der Waals surface area (Å²) < 4.78 is 10.9. The minimum absolute atomic E-state index is 0.187. The molecule has 0 saturated heterocycles. The fourth-order valence-corrected chi connectivity index (χ4v) is 4.92. The van der Waals surface area contributed by atoms with E-state index in [-0.39, 0.29) is 11.6 Å². The molecule has 0 fully saturated rings. The first-order chi connectivity index (χ1) is 18.3. The second-order valence-corrected chi connectivity index (χ2v) is 9.45. The number of hydrogen-bond acceptors (Lipinski definition) is 6. The maximum absolute atomic E-state index is 11.8. The van der Waals surface area contributed by atoms with Gasteiger partial charge in [0.15, 0.2) is 0 Å². The fraction of sp³-hybridized carbons (Fsp3) is 0.194. The number of carboxylic acid groups (broad SMARTS) is 1. The van der Waals surface area contributed by atoms with Gasteiger partial charge in [-0.2, -0.15) is 0 Å². The predicted molar refractivity (Wildman–Crippen MR) is 149 cm³/mol. The lowest BCUT2D eigenvalue weighted by Gasteiger charge is -2.21. The highest BCUT2D eigenvalue weighted by Gasteiger charge is 2.22. The second-order valence-electron chi connectivity index (χ2n) is 9.45. The number of fused-ring (bicyclic) bond motifs is 1. The summed E-state index contributed by atoms with van der Waals surface area (Å²) in [6.45, 7) is 7.88. The lowest BCUT2D eigenvalue weighted by atomic mass is 9.92. The Labute approximate surface area is 221 Å². The molecule has 0 amide bonds. The normalized spacial score (nSPS) is 11.9. The van der Waals surface area contributed by atoms with Gasteiger partial charge in [-0.1, -0.05) is 35.5 Å². The number of benzene rings is 3. The topological polar surface area (TPSA) is 97.5 Å². The van der Waals surface area contributed by atoms with Crippen LogP contribution in [0.4, 0.5) is 5.69 Å². The van der Waals surface area contributed by atoms with E-state index in [1.807, 2.05) is 58.0 Å². The Morgan fingerprint density at radius 1 is 1.03 bits per heavy atom. The van der Waals surface area contributed by atoms with Crippen LogP contribution in [0.5, 0.6) is 5.75 Å². The molecule has 5 rings (SSSR count). The fourth-order valence-electron chi connectivity index (χ4n) is 4.92. The van der Waals surface area contributed by atoms with E-state index < -0.39 is 5.97 Å². The summed E-state index contributed by atoms with van der Waals surface area (Å²) in [5.41, 5.74) is 8.09. The maximum atomic E-state index is 11.8. The number of aromatic carboxylic acids is 1. The third-order valence-corrected chi connectivity index (χ3v) is 6.78. The molecule has 0 saturated carbocycles. The number of nitrogens with one attached hydrogen (secondary N) is 1. The Bertz CT molecular complexity index is 1640. The average molecular weight is 508 g/mol. The standard InChI is InChI=1S/C31H29N3O4/c1-17-14-24(18(2)32-27-9-7-6-8-23(27)31(35)36)26-16-25(21-10-12-22(37-5)13-11-21)30(33-28(26)15-17)29-19(3)34-38-20(29)4/h6-16,18,32H,1-5H3,(H,35,36)/t18-/m1/s1. The molecule has 3 aromatic carbocycles. The molecule has 0 aliphatic heterocycles. The van der Waals surface area contributed by atoms with Gasteiger partial charge < -0.3 is 19.7 Å². The minimum Gasteiger partial charge on any atom is -0.497 e. The van der Waals surface area contributed by atoms with Crippen molar-refractivity contribution in [3.63, 3.8) is 0 Å². The van der Waals surface area contributed by atoms with Crippen molar-refractivity contribution in [1.82, 2.24) is 10.1 Å². The van der Waals surface area contributed by atoms with E-state index >= 15 is 0 Å². The minimum atomic E-state index is -0.970. The smallest absolute Gasteiger partial charge is 0.337 e. The molecule has 2 N–H and O–H groups in total. The highest BCUT2D eigenvalue weighted by molar-refractivity contribution is 5.96. The molecular formula is C31H29N3O4. The summed E-state index contributed by atoms with van der Waals surface area (Å²) >= 11 is 0. The first-order valence-electron chi connectivity index (χ1n) is 12.4. The van der Waals surface area contributed by atoms with Gasteiger partial charge in [-0.05, 0) is 80.8 Å². The summed E-state index contributed by atoms with van der Waals surface area (Å²) in [5, 5.41) is 18.2. The molecule has 1 atom stereocenters. The van der Waals surface area contributed by atoms with Gasteiger partial charge in [-0.25, -0.2) is 9.78 Å². The zero-order valence-electron chi connectivity index (χ0n) is 22.0. The van der Waals surface area contributed by atoms with E-state index in [0.717, 1.165) is 55.9 Å². The van der Waals surface area contributed by atoms with Gasteiger partial charge in [-0.3, -0.25) is 0 Å². The number of nitrogens with zero attached hydrogens (tertiary/aromatic N) is 2. The van der Waals surface area contributed by atoms with Crippen LogP contribution in [0.3, 0.4) is 0 Å². The molecule has 0 bridgehead atoms. The SMILES string of the molecule is COc1ccc(-c2cc3c([C@@H](C)Nc4ccccc4C(=O)O)cc(C)cc3nc2-c2c(C)noc2C)cc1. The van der Waals surface area contributed by atoms with Crippen molar-refractivity contribution < 1.29 is 19.2 Å². The number of para-hydroxylation sites is 1. The van der Waals surface area contributed by atoms with Crippen molar-refractivity contribution in [2.24, 2.45) is 0 Å². The third-order valence-electron chi connectivity index (χ3n) is 6.78. The van der Waals surface area contributed by atoms with Gasteiger partial charge in [0.25, 0.3) is 0 Å². The van der Waals surface area contributed by atoms with Crippen LogP contribution in [-0.4, -0.2) is 28.3 Å². The largest absolute Gasteiger partial charge is 0.497 e. The van der Waals surface area contributed by atoms with Crippen LogP contribution in [0.2, 0.25) is 0 Å². The Balaban J connectivity index is 1.72. The van der Waals surface area contributed by atoms with Gasteiger partial charge in [0.05, 0.1) is 35.1 Å². The number of ether oxygens (including phenoxy) is 1. The molecule has 2 aromatic heterocycles. The van der Waals surface area contributed by atoms with E-state index in [4.69, 9.17) is 14.2 Å². The van der Waals surface area contributed by atoms with Crippen LogP contribution in [0.15, 0.2) is 71.3 Å². The highest BCUT2D eigenvalue weighted by Crippen LogP contribution is 2.39. The first kappa shape index (κ1) is 25.0. The number of hydrogen-bond donors (Lipinski definition) is 2. The maximum Gasteiger partial charge on any atom is 0.337 e. The average Bonchev–Trinajstić information content (AvgIpc) is 3.25. The molecule has 0 spiro atoms. The summed E-state index contributed by atoms with van der Waals surface area (Å²) in [6, 6.07) is 21.0. The van der Waals surface area contributed by atoms with Gasteiger partial charge in [-0.15, -0.1) is 0 Å². The number of aryl methyl sites for hydroxylation is 3. The predicted octanol–water partition coefficient (Wildman–Crippen LogP) is 7.36. The van der Waals surface area contributed by atoms with Crippen molar-refractivity contribution in [3.8, 4) is 28.1 Å². The van der Waals surface area contributed by atoms with Crippen molar-refractivity contribution in [2.45, 2.75) is 33.7 Å². The van der Waals surface area contributed by atoms with Crippen LogP contribution in [-0.2, 0) is 0 Å². The Morgan fingerprint density at radius 2 is 1.76 bits per heavy atom.